The van der Waals surface area contributed by atoms with Crippen molar-refractivity contribution >= 4 is 15.9 Å². The number of hydrogen-bond donors (Lipinski definition) is 1. The first-order chi connectivity index (χ1) is 9.54. The minimum absolute atomic E-state index is 0.0888. The van der Waals surface area contributed by atoms with E-state index >= 15 is 0 Å². The third kappa shape index (κ3) is 3.73. The summed E-state index contributed by atoms with van der Waals surface area (Å²) in [5.74, 6) is 0.0503. The molecule has 0 bridgehead atoms. The first-order valence-electron chi connectivity index (χ1n) is 7.84. The van der Waals surface area contributed by atoms with Gasteiger partial charge in [0.1, 0.15) is 6.04 Å². The Bertz CT molecular complexity index is 430. The standard InChI is InChI=1S/C14H26N2O3S/c1-2-11-20(18,19)16-10-6-9-13(16)14(17)15-12-7-4-3-5-8-12/h12-13H,2-11H2,1H3,(H,15,17)/t13-/m1/s1. The van der Waals surface area contributed by atoms with Gasteiger partial charge in [0.25, 0.3) is 0 Å². The van der Waals surface area contributed by atoms with Crippen LogP contribution in [0.2, 0.25) is 0 Å². The molecular formula is C14H26N2O3S. The Kier molecular flexibility index (Phi) is 5.43. The summed E-state index contributed by atoms with van der Waals surface area (Å²) < 4.78 is 25.8. The van der Waals surface area contributed by atoms with E-state index in [-0.39, 0.29) is 17.7 Å². The lowest BCUT2D eigenvalue weighted by molar-refractivity contribution is -0.125. The second-order valence-electron chi connectivity index (χ2n) is 5.93. The van der Waals surface area contributed by atoms with E-state index in [1.54, 1.807) is 0 Å². The molecule has 1 saturated heterocycles. The number of rotatable bonds is 5. The van der Waals surface area contributed by atoms with Crippen molar-refractivity contribution in [2.75, 3.05) is 12.3 Å². The summed E-state index contributed by atoms with van der Waals surface area (Å²) in [4.78, 5) is 12.4. The Morgan fingerprint density at radius 3 is 2.50 bits per heavy atom. The van der Waals surface area contributed by atoms with E-state index in [0.717, 1.165) is 32.1 Å². The van der Waals surface area contributed by atoms with Crippen molar-refractivity contribution in [2.24, 2.45) is 0 Å². The quantitative estimate of drug-likeness (QED) is 0.839. The fourth-order valence-electron chi connectivity index (χ4n) is 3.25. The molecule has 1 atom stereocenters. The summed E-state index contributed by atoms with van der Waals surface area (Å²) in [7, 11) is -3.27. The Balaban J connectivity index is 1.97. The van der Waals surface area contributed by atoms with E-state index in [4.69, 9.17) is 0 Å². The largest absolute Gasteiger partial charge is 0.352 e. The van der Waals surface area contributed by atoms with Gasteiger partial charge in [-0.05, 0) is 32.1 Å². The minimum atomic E-state index is -3.27. The summed E-state index contributed by atoms with van der Waals surface area (Å²) in [5.41, 5.74) is 0. The van der Waals surface area contributed by atoms with Gasteiger partial charge < -0.3 is 5.32 Å². The molecule has 1 heterocycles. The molecule has 1 saturated carbocycles. The van der Waals surface area contributed by atoms with Crippen LogP contribution in [0.4, 0.5) is 0 Å². The molecule has 1 aliphatic carbocycles. The maximum absolute atomic E-state index is 12.4. The first-order valence-corrected chi connectivity index (χ1v) is 9.45. The van der Waals surface area contributed by atoms with Crippen molar-refractivity contribution in [1.29, 1.82) is 0 Å². The van der Waals surface area contributed by atoms with E-state index in [0.29, 0.717) is 19.4 Å². The fourth-order valence-corrected chi connectivity index (χ4v) is 5.00. The number of amides is 1. The van der Waals surface area contributed by atoms with Gasteiger partial charge in [-0.2, -0.15) is 4.31 Å². The van der Waals surface area contributed by atoms with Gasteiger partial charge in [0.05, 0.1) is 5.75 Å². The van der Waals surface area contributed by atoms with Crippen LogP contribution in [0.25, 0.3) is 0 Å². The monoisotopic (exact) mass is 302 g/mol. The molecule has 6 heteroatoms. The Morgan fingerprint density at radius 2 is 1.85 bits per heavy atom. The number of hydrogen-bond acceptors (Lipinski definition) is 3. The number of nitrogens with zero attached hydrogens (tertiary/aromatic N) is 1. The topological polar surface area (TPSA) is 66.5 Å². The smallest absolute Gasteiger partial charge is 0.238 e. The molecule has 2 rings (SSSR count). The van der Waals surface area contributed by atoms with Gasteiger partial charge in [-0.25, -0.2) is 8.42 Å². The molecule has 1 N–H and O–H groups in total. The van der Waals surface area contributed by atoms with Crippen molar-refractivity contribution in [3.8, 4) is 0 Å². The predicted octanol–water partition coefficient (Wildman–Crippen LogP) is 1.64. The second kappa shape index (κ2) is 6.89. The molecule has 1 amide bonds. The summed E-state index contributed by atoms with van der Waals surface area (Å²) in [6, 6.07) is -0.235. The van der Waals surface area contributed by atoms with Gasteiger partial charge in [-0.15, -0.1) is 0 Å². The lowest BCUT2D eigenvalue weighted by Gasteiger charge is -2.27. The zero-order chi connectivity index (χ0) is 14.6. The van der Waals surface area contributed by atoms with E-state index < -0.39 is 16.1 Å². The predicted molar refractivity (Wildman–Crippen MR) is 78.8 cm³/mol. The second-order valence-corrected chi connectivity index (χ2v) is 7.97. The zero-order valence-electron chi connectivity index (χ0n) is 12.3. The van der Waals surface area contributed by atoms with Crippen LogP contribution in [0, 0.1) is 0 Å². The minimum Gasteiger partial charge on any atom is -0.352 e. The average Bonchev–Trinajstić information content (AvgIpc) is 2.90. The van der Waals surface area contributed by atoms with E-state index in [2.05, 4.69) is 5.32 Å². The highest BCUT2D eigenvalue weighted by Gasteiger charge is 2.38. The van der Waals surface area contributed by atoms with Gasteiger partial charge in [0, 0.05) is 12.6 Å². The van der Waals surface area contributed by atoms with Crippen LogP contribution >= 0.6 is 0 Å². The fraction of sp³-hybridized carbons (Fsp3) is 0.929. The molecule has 5 nitrogen and oxygen atoms in total. The molecule has 2 fully saturated rings. The molecule has 0 aromatic carbocycles. The van der Waals surface area contributed by atoms with Gasteiger partial charge in [0.15, 0.2) is 0 Å². The maximum Gasteiger partial charge on any atom is 0.238 e. The van der Waals surface area contributed by atoms with Crippen LogP contribution in [0.15, 0.2) is 0 Å². The molecule has 0 spiro atoms. The van der Waals surface area contributed by atoms with Crippen molar-refractivity contribution in [1.82, 2.24) is 9.62 Å². The number of nitrogens with one attached hydrogen (secondary N) is 1. The summed E-state index contributed by atoms with van der Waals surface area (Å²) in [6.45, 7) is 2.34. The van der Waals surface area contributed by atoms with Gasteiger partial charge in [0.2, 0.25) is 15.9 Å². The third-order valence-corrected chi connectivity index (χ3v) is 6.35. The number of sulfonamides is 1. The van der Waals surface area contributed by atoms with Crippen LogP contribution < -0.4 is 5.32 Å². The molecule has 0 aromatic heterocycles. The van der Waals surface area contributed by atoms with Crippen LogP contribution in [0.1, 0.15) is 58.3 Å². The molecular weight excluding hydrogens is 276 g/mol. The molecule has 2 aliphatic rings. The highest BCUT2D eigenvalue weighted by Crippen LogP contribution is 2.23. The highest BCUT2D eigenvalue weighted by molar-refractivity contribution is 7.89. The highest BCUT2D eigenvalue weighted by atomic mass is 32.2. The van der Waals surface area contributed by atoms with Gasteiger partial charge >= 0.3 is 0 Å². The lowest BCUT2D eigenvalue weighted by atomic mass is 9.95. The van der Waals surface area contributed by atoms with Crippen molar-refractivity contribution in [3.05, 3.63) is 0 Å². The van der Waals surface area contributed by atoms with Crippen LogP contribution in [-0.2, 0) is 14.8 Å². The van der Waals surface area contributed by atoms with Gasteiger partial charge in [-0.3, -0.25) is 4.79 Å². The SMILES string of the molecule is CCCS(=O)(=O)N1CCC[C@@H]1C(=O)NC1CCCCC1. The molecule has 1 aliphatic heterocycles. The van der Waals surface area contributed by atoms with Crippen molar-refractivity contribution in [2.45, 2.75) is 70.4 Å². The van der Waals surface area contributed by atoms with Gasteiger partial charge in [-0.1, -0.05) is 26.2 Å². The van der Waals surface area contributed by atoms with Crippen molar-refractivity contribution < 1.29 is 13.2 Å². The van der Waals surface area contributed by atoms with E-state index in [1.807, 2.05) is 6.92 Å². The molecule has 20 heavy (non-hydrogen) atoms. The Labute approximate surface area is 122 Å². The van der Waals surface area contributed by atoms with Crippen LogP contribution in [0.5, 0.6) is 0 Å². The van der Waals surface area contributed by atoms with Crippen LogP contribution in [0.3, 0.4) is 0 Å². The van der Waals surface area contributed by atoms with Crippen molar-refractivity contribution in [3.63, 3.8) is 0 Å². The molecule has 0 radical (unpaired) electrons. The Morgan fingerprint density at radius 1 is 1.15 bits per heavy atom. The Hall–Kier alpha value is -0.620. The third-order valence-electron chi connectivity index (χ3n) is 4.28. The zero-order valence-corrected chi connectivity index (χ0v) is 13.1. The van der Waals surface area contributed by atoms with E-state index in [1.165, 1.54) is 10.7 Å². The molecule has 0 unspecified atom stereocenters. The summed E-state index contributed by atoms with van der Waals surface area (Å²) >= 11 is 0. The lowest BCUT2D eigenvalue weighted by Crippen LogP contribution is -2.49. The molecule has 0 aromatic rings. The summed E-state index contributed by atoms with van der Waals surface area (Å²) in [6.07, 6.45) is 7.65. The first kappa shape index (κ1) is 15.8. The average molecular weight is 302 g/mol. The summed E-state index contributed by atoms with van der Waals surface area (Å²) in [5, 5.41) is 3.06. The normalized spacial score (nSPS) is 25.8. The van der Waals surface area contributed by atoms with E-state index in [9.17, 15) is 13.2 Å². The van der Waals surface area contributed by atoms with Crippen LogP contribution in [-0.4, -0.2) is 43.0 Å². The maximum atomic E-state index is 12.4. The molecule has 116 valence electrons. The number of carbonyl (C=O) groups excluding carboxylic acids is 1. The number of carbonyl (C=O) groups is 1.